The van der Waals surface area contributed by atoms with Crippen LogP contribution in [0.25, 0.3) is 259 Å². The maximum Gasteiger partial charge on any atom is 0.209 e. The van der Waals surface area contributed by atoms with Crippen molar-refractivity contribution in [3.63, 3.8) is 0 Å². The molecule has 2 nitrogen and oxygen atoms in total. The molecule has 129 heavy (non-hydrogen) atoms. The Kier molecular flexibility index (Phi) is 16.8. The number of rotatable bonds is 10. The van der Waals surface area contributed by atoms with E-state index in [4.69, 9.17) is 0 Å². The molecule has 26 aromatic rings. The van der Waals surface area contributed by atoms with E-state index in [1.165, 1.54) is 76.8 Å². The summed E-state index contributed by atoms with van der Waals surface area (Å²) in [6.45, 7) is 8.61. The highest BCUT2D eigenvalue weighted by atomic mass is 32.2. The predicted molar refractivity (Wildman–Crippen MR) is 557 cm³/mol. The minimum Gasteiger partial charge on any atom is -0.218 e. The highest BCUT2D eigenvalue weighted by molar-refractivity contribution is 7.92. The van der Waals surface area contributed by atoms with Gasteiger partial charge in [0.2, 0.25) is 9.84 Å². The third kappa shape index (κ3) is 11.6. The highest BCUT2D eigenvalue weighted by Gasteiger charge is 2.36. The van der Waals surface area contributed by atoms with Crippen LogP contribution in [0.1, 0.15) is 22.3 Å². The fourth-order valence-corrected chi connectivity index (χ4v) is 26.6. The van der Waals surface area contributed by atoms with E-state index in [2.05, 4.69) is 428 Å². The summed E-state index contributed by atoms with van der Waals surface area (Å²) in [6, 6.07) is 147. The Bertz CT molecular complexity index is 8820. The van der Waals surface area contributed by atoms with Crippen molar-refractivity contribution in [2.45, 2.75) is 37.5 Å². The van der Waals surface area contributed by atoms with Gasteiger partial charge in [-0.05, 0) is 283 Å². The zero-order valence-corrected chi connectivity index (χ0v) is 73.6. The Morgan fingerprint density at radius 2 is 0.364 bits per heavy atom. The third-order valence-electron chi connectivity index (χ3n) is 27.7. The fourth-order valence-electron chi connectivity index (χ4n) is 22.1. The molecule has 0 spiro atoms. The van der Waals surface area contributed by atoms with Crippen LogP contribution in [0.4, 0.5) is 0 Å². The summed E-state index contributed by atoms with van der Waals surface area (Å²) in [6.07, 6.45) is 0. The Labute approximate surface area is 753 Å². The van der Waals surface area contributed by atoms with Gasteiger partial charge in [0.1, 0.15) is 0 Å². The average Bonchev–Trinajstić information content (AvgIpc) is 1.65. The van der Waals surface area contributed by atoms with Crippen LogP contribution >= 0.6 is 22.7 Å². The molecular weight excluding hydrogens is 1620 g/mol. The molecule has 0 unspecified atom stereocenters. The molecule has 0 aliphatic heterocycles. The van der Waals surface area contributed by atoms with Crippen LogP contribution in [0, 0.1) is 27.7 Å². The lowest BCUT2D eigenvalue weighted by Gasteiger charge is -2.23. The molecule has 0 bridgehead atoms. The third-order valence-corrected chi connectivity index (χ3v) is 31.9. The smallest absolute Gasteiger partial charge is 0.209 e. The van der Waals surface area contributed by atoms with Crippen molar-refractivity contribution in [3.8, 4) is 89.0 Å². The van der Waals surface area contributed by atoms with Crippen LogP contribution in [0.2, 0.25) is 0 Å². The SMILES string of the molecule is Cc1ccc2cc(-c3c4ccccc4c(-c4ccc5c(c4)sc4ccc(-c6c7ccccc7c(-c7ccc8cc(C)ccc8c7)c7ccccc67)c(S(=O)(=O)c6c(-c7c8ccccc8c(-c8ccc9cc(C)ccc9c8)c8ccccc78)ccc7sc8cc(-c9c%10ccccc%10c(-c%10ccc%11cc(C)ccc%11c%10)c%10ccccc9%10)ccc8c67)c45)c4ccccc34)ccc2c1. The van der Waals surface area contributed by atoms with Crippen LogP contribution < -0.4 is 0 Å². The van der Waals surface area contributed by atoms with E-state index in [9.17, 15) is 0 Å². The lowest BCUT2D eigenvalue weighted by Crippen LogP contribution is -2.08. The Morgan fingerprint density at radius 3 is 0.597 bits per heavy atom. The highest BCUT2D eigenvalue weighted by Crippen LogP contribution is 2.57. The van der Waals surface area contributed by atoms with Gasteiger partial charge < -0.3 is 0 Å². The fraction of sp³-hybridized carbons (Fsp3) is 0.0323. The zero-order valence-electron chi connectivity index (χ0n) is 71.1. The maximum atomic E-state index is 19.4. The molecule has 26 rings (SSSR count). The van der Waals surface area contributed by atoms with E-state index in [-0.39, 0.29) is 9.79 Å². The van der Waals surface area contributed by atoms with Crippen molar-refractivity contribution >= 4 is 202 Å². The van der Waals surface area contributed by atoms with Gasteiger partial charge in [-0.3, -0.25) is 0 Å². The molecule has 0 radical (unpaired) electrons. The first-order valence-corrected chi connectivity index (χ1v) is 47.5. The van der Waals surface area contributed by atoms with Gasteiger partial charge in [0.05, 0.1) is 9.79 Å². The van der Waals surface area contributed by atoms with E-state index in [0.717, 1.165) is 182 Å². The number of aryl methyl sites for hydroxylation is 4. The first kappa shape index (κ1) is 75.1. The standard InChI is InChI=1S/C124H78O2S3/c1-71-37-41-79-65-83(49-45-75(79)61-71)113-89-21-5-9-25-93(89)117(94-26-10-6-22-90(94)113)87-53-55-105-111(69-87)127-109-59-57-107(119-101-33-17-13-29-97(101)115(98-30-14-18-34-102(98)119)85-51-47-77-63-73(3)39-43-81(77)67-85)123(121(105)109)129(125,126)124-108(120-103-35-19-15-31-99(103)116(100-32-16-20-36-104(100)120)86-52-48-78-64-74(4)40-44-82(78)68-86)58-60-110-122(124)106-56-54-88(70-112(106)128-110)118-95-27-11-7-23-91(95)114(92-24-8-12-28-96(92)118)84-50-46-76-62-72(2)38-42-80(76)66-84/h5-70H,1-4H3. The van der Waals surface area contributed by atoms with Crippen molar-refractivity contribution < 1.29 is 8.42 Å². The molecule has 0 aliphatic carbocycles. The molecule has 0 fully saturated rings. The summed E-state index contributed by atoms with van der Waals surface area (Å²) in [5.41, 5.74) is 21.4. The Morgan fingerprint density at radius 1 is 0.171 bits per heavy atom. The van der Waals surface area contributed by atoms with E-state index in [0.29, 0.717) is 21.9 Å². The second-order valence-corrected chi connectivity index (χ2v) is 39.4. The molecule has 2 heterocycles. The van der Waals surface area contributed by atoms with Crippen LogP contribution in [-0.2, 0) is 9.84 Å². The largest absolute Gasteiger partial charge is 0.218 e. The lowest BCUT2D eigenvalue weighted by molar-refractivity contribution is 0.598. The molecule has 0 saturated carbocycles. The summed E-state index contributed by atoms with van der Waals surface area (Å²) in [4.78, 5) is 0.546. The average molecular weight is 1700 g/mol. The van der Waals surface area contributed by atoms with Gasteiger partial charge in [-0.25, -0.2) is 8.42 Å². The molecule has 5 heteroatoms. The molecule has 0 amide bonds. The minimum absolute atomic E-state index is 0.273. The second-order valence-electron chi connectivity index (χ2n) is 35.4. The molecule has 0 aliphatic rings. The molecule has 24 aromatic carbocycles. The van der Waals surface area contributed by atoms with Crippen LogP contribution in [0.3, 0.4) is 0 Å². The number of thiophene rings is 2. The molecule has 2 aromatic heterocycles. The monoisotopic (exact) mass is 1690 g/mol. The maximum absolute atomic E-state index is 19.4. The first-order valence-electron chi connectivity index (χ1n) is 44.4. The van der Waals surface area contributed by atoms with Crippen LogP contribution in [-0.4, -0.2) is 8.42 Å². The summed E-state index contributed by atoms with van der Waals surface area (Å²) in [5, 5.41) is 29.8. The summed E-state index contributed by atoms with van der Waals surface area (Å²) >= 11 is 3.35. The van der Waals surface area contributed by atoms with Gasteiger partial charge in [0.25, 0.3) is 0 Å². The van der Waals surface area contributed by atoms with Crippen molar-refractivity contribution in [2.75, 3.05) is 0 Å². The van der Waals surface area contributed by atoms with Gasteiger partial charge in [0, 0.05) is 51.5 Å². The van der Waals surface area contributed by atoms with Gasteiger partial charge in [-0.2, -0.15) is 0 Å². The van der Waals surface area contributed by atoms with Gasteiger partial charge in [-0.15, -0.1) is 22.7 Å². The number of benzene rings is 24. The van der Waals surface area contributed by atoms with E-state index < -0.39 is 9.84 Å². The zero-order chi connectivity index (χ0) is 85.8. The molecule has 0 N–H and O–H groups in total. The van der Waals surface area contributed by atoms with Crippen molar-refractivity contribution in [2.24, 2.45) is 0 Å². The number of fused-ring (bicyclic) bond motifs is 18. The topological polar surface area (TPSA) is 34.1 Å². The summed E-state index contributed by atoms with van der Waals surface area (Å²) in [5.74, 6) is 0. The number of hydrogen-bond donors (Lipinski definition) is 0. The van der Waals surface area contributed by atoms with Crippen molar-refractivity contribution in [3.05, 3.63) is 423 Å². The van der Waals surface area contributed by atoms with Gasteiger partial charge >= 0.3 is 0 Å². The normalized spacial score (nSPS) is 12.2. The Hall–Kier alpha value is -15.2. The van der Waals surface area contributed by atoms with E-state index in [1.54, 1.807) is 22.7 Å². The Balaban J connectivity index is 0.770. The molecule has 0 saturated heterocycles. The summed E-state index contributed by atoms with van der Waals surface area (Å²) < 4.78 is 42.5. The predicted octanol–water partition coefficient (Wildman–Crippen LogP) is 35.7. The van der Waals surface area contributed by atoms with E-state index >= 15 is 8.42 Å². The van der Waals surface area contributed by atoms with Crippen LogP contribution in [0.5, 0.6) is 0 Å². The quantitative estimate of drug-likeness (QED) is 0.128. The number of hydrogen-bond acceptors (Lipinski definition) is 4. The van der Waals surface area contributed by atoms with Crippen molar-refractivity contribution in [1.29, 1.82) is 0 Å². The number of sulfone groups is 1. The second kappa shape index (κ2) is 28.9. The van der Waals surface area contributed by atoms with Crippen molar-refractivity contribution in [1.82, 2.24) is 0 Å². The van der Waals surface area contributed by atoms with E-state index in [1.807, 2.05) is 0 Å². The summed E-state index contributed by atoms with van der Waals surface area (Å²) in [7, 11) is -4.85. The van der Waals surface area contributed by atoms with Gasteiger partial charge in [0.15, 0.2) is 0 Å². The molecular formula is C124H78O2S3. The molecule has 604 valence electrons. The lowest BCUT2D eigenvalue weighted by atomic mass is 9.85. The molecule has 0 atom stereocenters. The van der Waals surface area contributed by atoms with Gasteiger partial charge in [-0.1, -0.05) is 374 Å². The minimum atomic E-state index is -4.85. The first-order chi connectivity index (χ1) is 63.3. The van der Waals surface area contributed by atoms with Crippen LogP contribution in [0.15, 0.2) is 410 Å².